The van der Waals surface area contributed by atoms with Crippen LogP contribution < -0.4 is 10.2 Å². The highest BCUT2D eigenvalue weighted by Crippen LogP contribution is 2.25. The molecule has 0 unspecified atom stereocenters. The predicted octanol–water partition coefficient (Wildman–Crippen LogP) is 3.53. The first kappa shape index (κ1) is 20.4. The van der Waals surface area contributed by atoms with Crippen molar-refractivity contribution in [2.75, 3.05) is 20.2 Å². The number of phenolic OH excluding ortho intramolecular Hbond substituents is 1. The van der Waals surface area contributed by atoms with E-state index in [2.05, 4.69) is 55.6 Å². The molecule has 0 radical (unpaired) electrons. The van der Waals surface area contributed by atoms with Gasteiger partial charge in [-0.1, -0.05) is 28.1 Å². The second-order valence-corrected chi connectivity index (χ2v) is 7.76. The number of amides is 1. The Balaban J connectivity index is 1.45. The Hall–Kier alpha value is -2.38. The number of aromatic hydroxyl groups is 1. The fraction of sp³-hybridized carbons (Fsp3) is 0.333. The van der Waals surface area contributed by atoms with Gasteiger partial charge in [-0.2, -0.15) is 5.10 Å². The zero-order chi connectivity index (χ0) is 19.9. The summed E-state index contributed by atoms with van der Waals surface area (Å²) in [5, 5.41) is 13.6. The minimum Gasteiger partial charge on any atom is -0.504 e. The number of carbonyl (C=O) groups is 1. The Kier molecular flexibility index (Phi) is 7.06. The number of nitrogens with one attached hydrogen (secondary N) is 1. The maximum absolute atomic E-state index is 12.4. The fourth-order valence-electron chi connectivity index (χ4n) is 3.24. The van der Waals surface area contributed by atoms with Crippen LogP contribution in [0.2, 0.25) is 0 Å². The van der Waals surface area contributed by atoms with Gasteiger partial charge < -0.3 is 9.84 Å². The third-order valence-electron chi connectivity index (χ3n) is 4.87. The van der Waals surface area contributed by atoms with Crippen LogP contribution in [-0.4, -0.2) is 42.3 Å². The summed E-state index contributed by atoms with van der Waals surface area (Å²) in [4.78, 5) is 14.7. The Labute approximate surface area is 173 Å². The van der Waals surface area contributed by atoms with Crippen LogP contribution in [-0.2, 0) is 11.3 Å². The molecule has 0 atom stereocenters. The zero-order valence-electron chi connectivity index (χ0n) is 15.8. The summed E-state index contributed by atoms with van der Waals surface area (Å²) in [5.74, 6) is 0.366. The number of hydrazone groups is 1. The maximum Gasteiger partial charge on any atom is 0.243 e. The van der Waals surface area contributed by atoms with Gasteiger partial charge in [0.25, 0.3) is 0 Å². The van der Waals surface area contributed by atoms with Gasteiger partial charge in [0.05, 0.1) is 13.3 Å². The normalized spacial score (nSPS) is 15.6. The number of rotatable bonds is 6. The number of methoxy groups -OCH3 is 1. The van der Waals surface area contributed by atoms with E-state index in [1.165, 1.54) is 18.7 Å². The predicted molar refractivity (Wildman–Crippen MR) is 113 cm³/mol. The number of benzene rings is 2. The second-order valence-electron chi connectivity index (χ2n) is 6.84. The van der Waals surface area contributed by atoms with Gasteiger partial charge in [0, 0.05) is 16.9 Å². The summed E-state index contributed by atoms with van der Waals surface area (Å²) in [7, 11) is 1.49. The van der Waals surface area contributed by atoms with E-state index in [1.807, 2.05) is 0 Å². The second kappa shape index (κ2) is 9.71. The number of hydrogen-bond donors (Lipinski definition) is 2. The minimum atomic E-state index is -0.0507. The summed E-state index contributed by atoms with van der Waals surface area (Å²) >= 11 is 3.45. The average Bonchev–Trinajstić information content (AvgIpc) is 2.71. The number of phenols is 1. The fourth-order valence-corrected chi connectivity index (χ4v) is 3.50. The molecular weight excluding hydrogens is 422 g/mol. The molecule has 6 nitrogen and oxygen atoms in total. The highest BCUT2D eigenvalue weighted by Gasteiger charge is 2.24. The summed E-state index contributed by atoms with van der Waals surface area (Å²) < 4.78 is 6.14. The van der Waals surface area contributed by atoms with Crippen LogP contribution in [0.1, 0.15) is 24.0 Å². The minimum absolute atomic E-state index is 0.0207. The SMILES string of the molecule is COc1cc(C=NNC(=O)C2CCN(Cc3ccc(Br)cc3)CC2)ccc1O. The van der Waals surface area contributed by atoms with E-state index < -0.39 is 0 Å². The molecule has 2 N–H and O–H groups in total. The zero-order valence-corrected chi connectivity index (χ0v) is 17.4. The van der Waals surface area contributed by atoms with Crippen molar-refractivity contribution in [3.8, 4) is 11.5 Å². The molecule has 0 aliphatic carbocycles. The number of carbonyl (C=O) groups excluding carboxylic acids is 1. The topological polar surface area (TPSA) is 74.2 Å². The molecule has 28 heavy (non-hydrogen) atoms. The van der Waals surface area contributed by atoms with Crippen molar-refractivity contribution < 1.29 is 14.6 Å². The van der Waals surface area contributed by atoms with Crippen molar-refractivity contribution in [2.24, 2.45) is 11.0 Å². The van der Waals surface area contributed by atoms with Crippen LogP contribution in [0.5, 0.6) is 11.5 Å². The van der Waals surface area contributed by atoms with Gasteiger partial charge in [0.1, 0.15) is 0 Å². The molecule has 1 heterocycles. The van der Waals surface area contributed by atoms with Crippen LogP contribution in [0.15, 0.2) is 52.0 Å². The Bertz CT molecular complexity index is 831. The lowest BCUT2D eigenvalue weighted by Crippen LogP contribution is -2.39. The first-order valence-electron chi connectivity index (χ1n) is 9.22. The first-order chi connectivity index (χ1) is 13.5. The van der Waals surface area contributed by atoms with E-state index in [1.54, 1.807) is 18.3 Å². The molecule has 0 aromatic heterocycles. The van der Waals surface area contributed by atoms with E-state index in [0.29, 0.717) is 5.75 Å². The molecule has 1 saturated heterocycles. The number of nitrogens with zero attached hydrogens (tertiary/aromatic N) is 2. The van der Waals surface area contributed by atoms with Gasteiger partial charge in [-0.15, -0.1) is 0 Å². The lowest BCUT2D eigenvalue weighted by molar-refractivity contribution is -0.126. The molecule has 1 amide bonds. The summed E-state index contributed by atoms with van der Waals surface area (Å²) in [6, 6.07) is 13.2. The number of piperidine rings is 1. The van der Waals surface area contributed by atoms with Crippen molar-refractivity contribution in [3.05, 3.63) is 58.1 Å². The van der Waals surface area contributed by atoms with Crippen molar-refractivity contribution in [3.63, 3.8) is 0 Å². The molecule has 0 bridgehead atoms. The molecule has 7 heteroatoms. The van der Waals surface area contributed by atoms with Crippen molar-refractivity contribution >= 4 is 28.1 Å². The van der Waals surface area contributed by atoms with E-state index in [0.717, 1.165) is 42.5 Å². The molecule has 1 aliphatic heterocycles. The van der Waals surface area contributed by atoms with Gasteiger partial charge >= 0.3 is 0 Å². The highest BCUT2D eigenvalue weighted by molar-refractivity contribution is 9.10. The molecule has 0 spiro atoms. The lowest BCUT2D eigenvalue weighted by Gasteiger charge is -2.30. The molecule has 148 valence electrons. The number of ether oxygens (including phenoxy) is 1. The Morgan fingerprint density at radius 3 is 2.68 bits per heavy atom. The Morgan fingerprint density at radius 2 is 2.00 bits per heavy atom. The van der Waals surface area contributed by atoms with Gasteiger partial charge in [0.2, 0.25) is 5.91 Å². The molecule has 0 saturated carbocycles. The van der Waals surface area contributed by atoms with Crippen molar-refractivity contribution in [2.45, 2.75) is 19.4 Å². The van der Waals surface area contributed by atoms with E-state index in [9.17, 15) is 9.90 Å². The van der Waals surface area contributed by atoms with E-state index >= 15 is 0 Å². The summed E-state index contributed by atoms with van der Waals surface area (Å²) in [6.07, 6.45) is 3.19. The first-order valence-corrected chi connectivity index (χ1v) is 10.0. The molecular formula is C21H24BrN3O3. The maximum atomic E-state index is 12.4. The third-order valence-corrected chi connectivity index (χ3v) is 5.40. The van der Waals surface area contributed by atoms with Gasteiger partial charge in [-0.25, -0.2) is 5.43 Å². The smallest absolute Gasteiger partial charge is 0.243 e. The van der Waals surface area contributed by atoms with Crippen LogP contribution in [0, 0.1) is 5.92 Å². The standard InChI is InChI=1S/C21H24BrN3O3/c1-28-20-12-16(4-7-19(20)26)13-23-24-21(27)17-8-10-25(11-9-17)14-15-2-5-18(22)6-3-15/h2-7,12-13,17,26H,8-11,14H2,1H3,(H,24,27). The van der Waals surface area contributed by atoms with Crippen LogP contribution in [0.3, 0.4) is 0 Å². The largest absolute Gasteiger partial charge is 0.504 e. The van der Waals surface area contributed by atoms with Gasteiger partial charge in [-0.05, 0) is 67.4 Å². The van der Waals surface area contributed by atoms with Crippen LogP contribution >= 0.6 is 15.9 Å². The van der Waals surface area contributed by atoms with Crippen LogP contribution in [0.25, 0.3) is 0 Å². The molecule has 1 aliphatic rings. The molecule has 1 fully saturated rings. The third kappa shape index (κ3) is 5.56. The molecule has 2 aromatic carbocycles. The van der Waals surface area contributed by atoms with Crippen molar-refractivity contribution in [1.29, 1.82) is 0 Å². The molecule has 3 rings (SSSR count). The highest BCUT2D eigenvalue weighted by atomic mass is 79.9. The number of likely N-dealkylation sites (tertiary alicyclic amines) is 1. The lowest BCUT2D eigenvalue weighted by atomic mass is 9.96. The summed E-state index contributed by atoms with van der Waals surface area (Å²) in [6.45, 7) is 2.70. The van der Waals surface area contributed by atoms with Crippen molar-refractivity contribution in [1.82, 2.24) is 10.3 Å². The summed E-state index contributed by atoms with van der Waals surface area (Å²) in [5.41, 5.74) is 4.64. The van der Waals surface area contributed by atoms with E-state index in [-0.39, 0.29) is 17.6 Å². The van der Waals surface area contributed by atoms with E-state index in [4.69, 9.17) is 4.74 Å². The monoisotopic (exact) mass is 445 g/mol. The number of hydrogen-bond acceptors (Lipinski definition) is 5. The van der Waals surface area contributed by atoms with Crippen LogP contribution in [0.4, 0.5) is 0 Å². The van der Waals surface area contributed by atoms with Gasteiger partial charge in [-0.3, -0.25) is 9.69 Å². The quantitative estimate of drug-likeness (QED) is 0.526. The molecule has 2 aromatic rings. The van der Waals surface area contributed by atoms with Gasteiger partial charge in [0.15, 0.2) is 11.5 Å². The Morgan fingerprint density at radius 1 is 1.29 bits per heavy atom. The number of halogens is 1. The average molecular weight is 446 g/mol.